The summed E-state index contributed by atoms with van der Waals surface area (Å²) in [7, 11) is 0. The first-order valence-corrected chi connectivity index (χ1v) is 5.83. The summed E-state index contributed by atoms with van der Waals surface area (Å²) in [5, 5.41) is 0. The molecule has 1 aromatic rings. The molecule has 0 saturated carbocycles. The van der Waals surface area contributed by atoms with Gasteiger partial charge in [0.05, 0.1) is 0 Å². The van der Waals surface area contributed by atoms with Crippen LogP contribution in [0.2, 0.25) is 0 Å². The highest BCUT2D eigenvalue weighted by Crippen LogP contribution is 2.15. The van der Waals surface area contributed by atoms with Crippen molar-refractivity contribution >= 4 is 11.8 Å². The van der Waals surface area contributed by atoms with Crippen LogP contribution in [0.25, 0.3) is 6.08 Å². The SMILES string of the molecule is CCC=Cc1ccc(N(CC)CC)cc1. The van der Waals surface area contributed by atoms with Gasteiger partial charge in [0.1, 0.15) is 0 Å². The maximum Gasteiger partial charge on any atom is 0.0366 e. The van der Waals surface area contributed by atoms with E-state index in [9.17, 15) is 0 Å². The average Bonchev–Trinajstić information content (AvgIpc) is 2.29. The quantitative estimate of drug-likeness (QED) is 0.700. The molecule has 0 aliphatic heterocycles. The van der Waals surface area contributed by atoms with Crippen molar-refractivity contribution in [3.63, 3.8) is 0 Å². The molecule has 1 heteroatoms. The van der Waals surface area contributed by atoms with Crippen molar-refractivity contribution < 1.29 is 0 Å². The van der Waals surface area contributed by atoms with Crippen LogP contribution in [0.1, 0.15) is 32.8 Å². The Labute approximate surface area is 93.4 Å². The Morgan fingerprint density at radius 3 is 2.07 bits per heavy atom. The van der Waals surface area contributed by atoms with E-state index in [1.807, 2.05) is 0 Å². The second-order valence-electron chi connectivity index (χ2n) is 3.57. The largest absolute Gasteiger partial charge is 0.372 e. The van der Waals surface area contributed by atoms with Crippen LogP contribution >= 0.6 is 0 Å². The molecule has 0 amide bonds. The van der Waals surface area contributed by atoms with E-state index < -0.39 is 0 Å². The van der Waals surface area contributed by atoms with E-state index in [1.54, 1.807) is 0 Å². The Bertz CT molecular complexity index is 294. The van der Waals surface area contributed by atoms with E-state index >= 15 is 0 Å². The van der Waals surface area contributed by atoms with Crippen LogP contribution in [0.4, 0.5) is 5.69 Å². The van der Waals surface area contributed by atoms with Crippen molar-refractivity contribution in [3.05, 3.63) is 35.9 Å². The molecular formula is C14H21N. The topological polar surface area (TPSA) is 3.24 Å². The number of benzene rings is 1. The predicted octanol–water partition coefficient (Wildman–Crippen LogP) is 3.96. The molecule has 0 aromatic heterocycles. The minimum Gasteiger partial charge on any atom is -0.372 e. The first-order valence-electron chi connectivity index (χ1n) is 5.83. The highest BCUT2D eigenvalue weighted by Gasteiger charge is 1.99. The molecule has 0 unspecified atom stereocenters. The summed E-state index contributed by atoms with van der Waals surface area (Å²) in [5.74, 6) is 0. The molecule has 0 fully saturated rings. The van der Waals surface area contributed by atoms with Gasteiger partial charge in [-0.25, -0.2) is 0 Å². The molecule has 0 aliphatic carbocycles. The van der Waals surface area contributed by atoms with Crippen molar-refractivity contribution in [3.8, 4) is 0 Å². The maximum absolute atomic E-state index is 2.35. The second-order valence-corrected chi connectivity index (χ2v) is 3.57. The van der Waals surface area contributed by atoms with Gasteiger partial charge in [0.25, 0.3) is 0 Å². The van der Waals surface area contributed by atoms with Crippen LogP contribution in [-0.2, 0) is 0 Å². The van der Waals surface area contributed by atoms with E-state index in [0.717, 1.165) is 19.5 Å². The smallest absolute Gasteiger partial charge is 0.0366 e. The Kier molecular flexibility index (Phi) is 4.96. The standard InChI is InChI=1S/C14H21N/c1-4-7-8-13-9-11-14(12-10-13)15(5-2)6-3/h7-12H,4-6H2,1-3H3. The summed E-state index contributed by atoms with van der Waals surface area (Å²) in [6.45, 7) is 8.67. The lowest BCUT2D eigenvalue weighted by molar-refractivity contribution is 0.866. The zero-order valence-electron chi connectivity index (χ0n) is 10.0. The molecule has 0 bridgehead atoms. The van der Waals surface area contributed by atoms with Gasteiger partial charge in [-0.05, 0) is 38.0 Å². The van der Waals surface area contributed by atoms with Gasteiger partial charge in [0.15, 0.2) is 0 Å². The minimum atomic E-state index is 1.07. The van der Waals surface area contributed by atoms with Crippen LogP contribution in [0.15, 0.2) is 30.3 Å². The Balaban J connectivity index is 2.75. The lowest BCUT2D eigenvalue weighted by Gasteiger charge is -2.20. The molecule has 0 spiro atoms. The third kappa shape index (κ3) is 3.43. The highest BCUT2D eigenvalue weighted by molar-refractivity contribution is 5.55. The Hall–Kier alpha value is -1.24. The molecular weight excluding hydrogens is 182 g/mol. The van der Waals surface area contributed by atoms with E-state index in [4.69, 9.17) is 0 Å². The van der Waals surface area contributed by atoms with Gasteiger partial charge in [0, 0.05) is 18.8 Å². The zero-order chi connectivity index (χ0) is 11.1. The summed E-state index contributed by atoms with van der Waals surface area (Å²) in [5.41, 5.74) is 2.60. The summed E-state index contributed by atoms with van der Waals surface area (Å²) in [6, 6.07) is 8.75. The summed E-state index contributed by atoms with van der Waals surface area (Å²) < 4.78 is 0. The lowest BCUT2D eigenvalue weighted by Crippen LogP contribution is -2.21. The van der Waals surface area contributed by atoms with Crippen molar-refractivity contribution in [1.82, 2.24) is 0 Å². The van der Waals surface area contributed by atoms with E-state index in [0.29, 0.717) is 0 Å². The van der Waals surface area contributed by atoms with Gasteiger partial charge in [-0.2, -0.15) is 0 Å². The molecule has 0 atom stereocenters. The van der Waals surface area contributed by atoms with Crippen LogP contribution in [0, 0.1) is 0 Å². The fourth-order valence-electron chi connectivity index (χ4n) is 1.64. The molecule has 0 saturated heterocycles. The minimum absolute atomic E-state index is 1.07. The Morgan fingerprint density at radius 1 is 1.00 bits per heavy atom. The van der Waals surface area contributed by atoms with E-state index in [2.05, 4.69) is 62.1 Å². The van der Waals surface area contributed by atoms with Crippen LogP contribution < -0.4 is 4.90 Å². The van der Waals surface area contributed by atoms with E-state index in [1.165, 1.54) is 11.3 Å². The van der Waals surface area contributed by atoms with Crippen molar-refractivity contribution in [2.24, 2.45) is 0 Å². The van der Waals surface area contributed by atoms with Gasteiger partial charge in [-0.1, -0.05) is 31.2 Å². The van der Waals surface area contributed by atoms with Gasteiger partial charge >= 0.3 is 0 Å². The van der Waals surface area contributed by atoms with Crippen LogP contribution in [0.3, 0.4) is 0 Å². The summed E-state index contributed by atoms with van der Waals surface area (Å²) in [6.07, 6.45) is 5.45. The molecule has 82 valence electrons. The molecule has 0 aliphatic rings. The number of hydrogen-bond donors (Lipinski definition) is 0. The first-order chi connectivity index (χ1) is 7.31. The third-order valence-electron chi connectivity index (χ3n) is 2.57. The number of allylic oxidation sites excluding steroid dienone is 1. The Morgan fingerprint density at radius 2 is 1.60 bits per heavy atom. The highest BCUT2D eigenvalue weighted by atomic mass is 15.1. The molecule has 0 N–H and O–H groups in total. The molecule has 1 rings (SSSR count). The fourth-order valence-corrected chi connectivity index (χ4v) is 1.64. The number of nitrogens with zero attached hydrogens (tertiary/aromatic N) is 1. The summed E-state index contributed by atoms with van der Waals surface area (Å²) >= 11 is 0. The third-order valence-corrected chi connectivity index (χ3v) is 2.57. The molecule has 0 heterocycles. The van der Waals surface area contributed by atoms with Crippen molar-refractivity contribution in [1.29, 1.82) is 0 Å². The predicted molar refractivity (Wildman–Crippen MR) is 69.3 cm³/mol. The summed E-state index contributed by atoms with van der Waals surface area (Å²) in [4.78, 5) is 2.35. The van der Waals surface area contributed by atoms with Gasteiger partial charge in [0.2, 0.25) is 0 Å². The van der Waals surface area contributed by atoms with Crippen molar-refractivity contribution in [2.75, 3.05) is 18.0 Å². The normalized spacial score (nSPS) is 10.9. The first kappa shape index (κ1) is 11.8. The molecule has 15 heavy (non-hydrogen) atoms. The van der Waals surface area contributed by atoms with Crippen LogP contribution in [-0.4, -0.2) is 13.1 Å². The zero-order valence-corrected chi connectivity index (χ0v) is 10.0. The van der Waals surface area contributed by atoms with Crippen molar-refractivity contribution in [2.45, 2.75) is 27.2 Å². The van der Waals surface area contributed by atoms with Gasteiger partial charge in [-0.3, -0.25) is 0 Å². The monoisotopic (exact) mass is 203 g/mol. The second kappa shape index (κ2) is 6.28. The lowest BCUT2D eigenvalue weighted by atomic mass is 10.1. The number of hydrogen-bond acceptors (Lipinski definition) is 1. The maximum atomic E-state index is 2.35. The van der Waals surface area contributed by atoms with Crippen LogP contribution in [0.5, 0.6) is 0 Å². The van der Waals surface area contributed by atoms with Gasteiger partial charge in [-0.15, -0.1) is 0 Å². The van der Waals surface area contributed by atoms with Gasteiger partial charge < -0.3 is 4.90 Å². The number of anilines is 1. The molecule has 1 aromatic carbocycles. The molecule has 0 radical (unpaired) electrons. The average molecular weight is 203 g/mol. The van der Waals surface area contributed by atoms with E-state index in [-0.39, 0.29) is 0 Å². The fraction of sp³-hybridized carbons (Fsp3) is 0.429. The molecule has 1 nitrogen and oxygen atoms in total. The number of rotatable bonds is 5.